The van der Waals surface area contributed by atoms with Gasteiger partial charge in [-0.05, 0) is 62.1 Å². The summed E-state index contributed by atoms with van der Waals surface area (Å²) in [6.07, 6.45) is 2.50. The number of hydrogen-bond acceptors (Lipinski definition) is 3. The molecular weight excluding hydrogens is 347 g/mol. The molecule has 0 saturated heterocycles. The third-order valence-electron chi connectivity index (χ3n) is 4.96. The van der Waals surface area contributed by atoms with Gasteiger partial charge < -0.3 is 15.4 Å². The second-order valence-electron chi connectivity index (χ2n) is 6.74. The van der Waals surface area contributed by atoms with Crippen molar-refractivity contribution in [1.29, 1.82) is 0 Å². The Balaban J connectivity index is 1.49. The van der Waals surface area contributed by atoms with E-state index in [9.17, 15) is 14.0 Å². The van der Waals surface area contributed by atoms with Gasteiger partial charge in [-0.2, -0.15) is 0 Å². The number of amides is 2. The number of carbonyl (C=O) groups is 2. The molecule has 2 aromatic rings. The van der Waals surface area contributed by atoms with Crippen molar-refractivity contribution in [3.8, 4) is 5.75 Å². The van der Waals surface area contributed by atoms with Crippen LogP contribution in [0.2, 0.25) is 0 Å². The van der Waals surface area contributed by atoms with E-state index in [1.807, 2.05) is 0 Å². The molecule has 1 aliphatic rings. The lowest BCUT2D eigenvalue weighted by molar-refractivity contribution is -0.125. The smallest absolute Gasteiger partial charge is 0.227 e. The Bertz CT molecular complexity index is 799. The van der Waals surface area contributed by atoms with Crippen molar-refractivity contribution >= 4 is 23.2 Å². The minimum Gasteiger partial charge on any atom is -0.497 e. The molecule has 0 spiro atoms. The van der Waals surface area contributed by atoms with Crippen LogP contribution in [0.25, 0.3) is 0 Å². The molecule has 1 fully saturated rings. The Morgan fingerprint density at radius 1 is 0.889 bits per heavy atom. The van der Waals surface area contributed by atoms with Crippen LogP contribution in [0.4, 0.5) is 15.8 Å². The van der Waals surface area contributed by atoms with E-state index in [4.69, 9.17) is 4.74 Å². The number of nitrogens with one attached hydrogen (secondary N) is 2. The van der Waals surface area contributed by atoms with Gasteiger partial charge >= 0.3 is 0 Å². The molecule has 3 rings (SSSR count). The minimum atomic E-state index is -0.446. The molecule has 27 heavy (non-hydrogen) atoms. The predicted molar refractivity (Wildman–Crippen MR) is 102 cm³/mol. The molecule has 142 valence electrons. The maximum atomic E-state index is 13.7. The first kappa shape index (κ1) is 18.9. The lowest BCUT2D eigenvalue weighted by Crippen LogP contribution is -2.32. The number of anilines is 2. The van der Waals surface area contributed by atoms with Gasteiger partial charge in [0.25, 0.3) is 0 Å². The van der Waals surface area contributed by atoms with E-state index in [1.165, 1.54) is 6.07 Å². The van der Waals surface area contributed by atoms with Gasteiger partial charge in [0.1, 0.15) is 11.6 Å². The van der Waals surface area contributed by atoms with E-state index in [1.54, 1.807) is 49.6 Å². The number of rotatable bonds is 5. The first-order valence-corrected chi connectivity index (χ1v) is 9.07. The van der Waals surface area contributed by atoms with Gasteiger partial charge in [-0.15, -0.1) is 0 Å². The lowest BCUT2D eigenvalue weighted by atomic mass is 9.81. The third kappa shape index (κ3) is 4.84. The molecule has 2 amide bonds. The quantitative estimate of drug-likeness (QED) is 0.828. The van der Waals surface area contributed by atoms with E-state index in [0.29, 0.717) is 25.7 Å². The number of halogens is 1. The average Bonchev–Trinajstić information content (AvgIpc) is 2.70. The highest BCUT2D eigenvalue weighted by molar-refractivity contribution is 5.94. The van der Waals surface area contributed by atoms with Crippen LogP contribution in [0, 0.1) is 17.7 Å². The first-order chi connectivity index (χ1) is 13.1. The molecular formula is C21H23FN2O3. The summed E-state index contributed by atoms with van der Waals surface area (Å²) in [6.45, 7) is 0. The van der Waals surface area contributed by atoms with E-state index < -0.39 is 5.82 Å². The van der Waals surface area contributed by atoms with Crippen LogP contribution in [-0.2, 0) is 9.59 Å². The van der Waals surface area contributed by atoms with Crippen LogP contribution in [-0.4, -0.2) is 18.9 Å². The molecule has 0 aromatic heterocycles. The average molecular weight is 370 g/mol. The molecule has 2 aromatic carbocycles. The number of methoxy groups -OCH3 is 1. The first-order valence-electron chi connectivity index (χ1n) is 9.07. The topological polar surface area (TPSA) is 67.4 Å². The summed E-state index contributed by atoms with van der Waals surface area (Å²) in [6, 6.07) is 13.3. The molecule has 1 aliphatic carbocycles. The van der Waals surface area contributed by atoms with Crippen molar-refractivity contribution in [2.45, 2.75) is 25.7 Å². The van der Waals surface area contributed by atoms with Crippen molar-refractivity contribution in [2.24, 2.45) is 11.8 Å². The fourth-order valence-electron chi connectivity index (χ4n) is 3.33. The lowest BCUT2D eigenvalue weighted by Gasteiger charge is -2.27. The molecule has 0 heterocycles. The molecule has 0 bridgehead atoms. The fourth-order valence-corrected chi connectivity index (χ4v) is 3.33. The number of para-hydroxylation sites is 1. The normalized spacial score (nSPS) is 19.2. The zero-order chi connectivity index (χ0) is 19.2. The Morgan fingerprint density at radius 2 is 1.44 bits per heavy atom. The number of ether oxygens (including phenoxy) is 1. The van der Waals surface area contributed by atoms with Crippen molar-refractivity contribution in [1.82, 2.24) is 0 Å². The summed E-state index contributed by atoms with van der Waals surface area (Å²) < 4.78 is 18.8. The van der Waals surface area contributed by atoms with Crippen molar-refractivity contribution in [3.63, 3.8) is 0 Å². The monoisotopic (exact) mass is 370 g/mol. The highest BCUT2D eigenvalue weighted by atomic mass is 19.1. The van der Waals surface area contributed by atoms with Gasteiger partial charge in [0.05, 0.1) is 12.8 Å². The minimum absolute atomic E-state index is 0.0341. The van der Waals surface area contributed by atoms with Gasteiger partial charge in [-0.3, -0.25) is 9.59 Å². The number of benzene rings is 2. The molecule has 6 heteroatoms. The summed E-state index contributed by atoms with van der Waals surface area (Å²) in [5.41, 5.74) is 0.919. The van der Waals surface area contributed by atoms with Crippen molar-refractivity contribution < 1.29 is 18.7 Å². The SMILES string of the molecule is COc1ccc(NC(=O)C2CCC(C(=O)Nc3ccccc3F)CC2)cc1. The highest BCUT2D eigenvalue weighted by Gasteiger charge is 2.30. The molecule has 0 atom stereocenters. The van der Waals surface area contributed by atoms with E-state index >= 15 is 0 Å². The molecule has 2 N–H and O–H groups in total. The van der Waals surface area contributed by atoms with Gasteiger partial charge in [-0.25, -0.2) is 4.39 Å². The Hall–Kier alpha value is -2.89. The second kappa shape index (κ2) is 8.66. The summed E-state index contributed by atoms with van der Waals surface area (Å²) in [7, 11) is 1.59. The summed E-state index contributed by atoms with van der Waals surface area (Å²) in [5, 5.41) is 5.56. The maximum Gasteiger partial charge on any atom is 0.227 e. The number of hydrogen-bond donors (Lipinski definition) is 2. The maximum absolute atomic E-state index is 13.7. The fraction of sp³-hybridized carbons (Fsp3) is 0.333. The van der Waals surface area contributed by atoms with Gasteiger partial charge in [0.15, 0.2) is 0 Å². The Kier molecular flexibility index (Phi) is 6.06. The highest BCUT2D eigenvalue weighted by Crippen LogP contribution is 2.31. The van der Waals surface area contributed by atoms with Gasteiger partial charge in [0, 0.05) is 17.5 Å². The van der Waals surface area contributed by atoms with E-state index in [0.717, 1.165) is 11.4 Å². The van der Waals surface area contributed by atoms with Crippen LogP contribution in [0.3, 0.4) is 0 Å². The van der Waals surface area contributed by atoms with Crippen molar-refractivity contribution in [3.05, 3.63) is 54.3 Å². The van der Waals surface area contributed by atoms with Crippen LogP contribution >= 0.6 is 0 Å². The van der Waals surface area contributed by atoms with Gasteiger partial charge in [0.2, 0.25) is 11.8 Å². The zero-order valence-corrected chi connectivity index (χ0v) is 15.2. The largest absolute Gasteiger partial charge is 0.497 e. The third-order valence-corrected chi connectivity index (χ3v) is 4.96. The van der Waals surface area contributed by atoms with E-state index in [2.05, 4.69) is 10.6 Å². The summed E-state index contributed by atoms with van der Waals surface area (Å²) >= 11 is 0. The van der Waals surface area contributed by atoms with E-state index in [-0.39, 0.29) is 29.3 Å². The second-order valence-corrected chi connectivity index (χ2v) is 6.74. The van der Waals surface area contributed by atoms with Crippen LogP contribution in [0.15, 0.2) is 48.5 Å². The zero-order valence-electron chi connectivity index (χ0n) is 15.2. The van der Waals surface area contributed by atoms with Crippen LogP contribution in [0.5, 0.6) is 5.75 Å². The molecule has 0 aliphatic heterocycles. The van der Waals surface area contributed by atoms with Gasteiger partial charge in [-0.1, -0.05) is 12.1 Å². The summed E-state index contributed by atoms with van der Waals surface area (Å²) in [5.74, 6) is -0.255. The molecule has 1 saturated carbocycles. The predicted octanol–water partition coefficient (Wildman–Crippen LogP) is 4.22. The van der Waals surface area contributed by atoms with Crippen molar-refractivity contribution in [2.75, 3.05) is 17.7 Å². The standard InChI is InChI=1S/C21H23FN2O3/c1-27-17-12-10-16(11-13-17)23-20(25)14-6-8-15(9-7-14)21(26)24-19-5-3-2-4-18(19)22/h2-5,10-15H,6-9H2,1H3,(H,23,25)(H,24,26). The van der Waals surface area contributed by atoms with Crippen LogP contribution < -0.4 is 15.4 Å². The number of carbonyl (C=O) groups excluding carboxylic acids is 2. The van der Waals surface area contributed by atoms with Crippen LogP contribution in [0.1, 0.15) is 25.7 Å². The molecule has 5 nitrogen and oxygen atoms in total. The summed E-state index contributed by atoms with van der Waals surface area (Å²) in [4.78, 5) is 24.8. The Labute approximate surface area is 157 Å². The Morgan fingerprint density at radius 3 is 2.00 bits per heavy atom. The molecule has 0 unspecified atom stereocenters. The molecule has 0 radical (unpaired) electrons.